The van der Waals surface area contributed by atoms with Crippen LogP contribution in [0.5, 0.6) is 0 Å². The van der Waals surface area contributed by atoms with Gasteiger partial charge < -0.3 is 0 Å². The van der Waals surface area contributed by atoms with Crippen molar-refractivity contribution in [3.05, 3.63) is 64.5 Å². The normalized spacial score (nSPS) is 12.7. The van der Waals surface area contributed by atoms with Gasteiger partial charge in [0.15, 0.2) is 0 Å². The largest absolute Gasteiger partial charge is 0.255 e. The number of hydrogen-bond donors (Lipinski definition) is 0. The summed E-state index contributed by atoms with van der Waals surface area (Å²) in [4.78, 5) is 6.26. The molecule has 4 heteroatoms. The summed E-state index contributed by atoms with van der Waals surface area (Å²) in [5.74, 6) is 0. The third-order valence-electron chi connectivity index (χ3n) is 5.81. The van der Waals surface area contributed by atoms with Gasteiger partial charge >= 0.3 is 0 Å². The van der Waals surface area contributed by atoms with Gasteiger partial charge in [0, 0.05) is 46.9 Å². The first-order valence-corrected chi connectivity index (χ1v) is 12.6. The molecule has 0 saturated carbocycles. The fourth-order valence-electron chi connectivity index (χ4n) is 4.38. The molecule has 0 fully saturated rings. The van der Waals surface area contributed by atoms with Crippen molar-refractivity contribution in [3.63, 3.8) is 0 Å². The van der Waals surface area contributed by atoms with Crippen LogP contribution in [0.3, 0.4) is 0 Å². The van der Waals surface area contributed by atoms with Crippen LogP contribution in [0.25, 0.3) is 51.6 Å². The molecule has 4 aromatic heterocycles. The number of rotatable bonds is 1. The molecule has 0 atom stereocenters. The average Bonchev–Trinajstić information content (AvgIpc) is 3.40. The average molecular weight is 444 g/mol. The zero-order valence-electron chi connectivity index (χ0n) is 17.4. The fraction of sp³-hybridized carbons (Fsp3) is 0.192. The first kappa shape index (κ1) is 18.5. The van der Waals surface area contributed by atoms with Gasteiger partial charge in [-0.15, -0.1) is 34.0 Å². The molecule has 0 radical (unpaired) electrons. The van der Waals surface area contributed by atoms with E-state index in [0.717, 1.165) is 5.69 Å². The topological polar surface area (TPSA) is 12.9 Å². The Hall–Kier alpha value is -2.27. The lowest BCUT2D eigenvalue weighted by molar-refractivity contribution is 0.597. The van der Waals surface area contributed by atoms with Crippen molar-refractivity contribution in [2.45, 2.75) is 33.1 Å². The Morgan fingerprint density at radius 2 is 1.63 bits per heavy atom. The molecule has 0 saturated heterocycles. The lowest BCUT2D eigenvalue weighted by Gasteiger charge is -2.21. The highest BCUT2D eigenvalue weighted by molar-refractivity contribution is 7.28. The number of benzene rings is 2. The zero-order valence-corrected chi connectivity index (χ0v) is 19.8. The van der Waals surface area contributed by atoms with Gasteiger partial charge in [-0.3, -0.25) is 4.98 Å². The smallest absolute Gasteiger partial charge is 0.0880 e. The number of pyridine rings is 1. The fourth-order valence-corrected chi connectivity index (χ4v) is 7.81. The molecule has 0 spiro atoms. The van der Waals surface area contributed by atoms with E-state index in [1.54, 1.807) is 0 Å². The van der Waals surface area contributed by atoms with E-state index < -0.39 is 0 Å². The van der Waals surface area contributed by atoms with Crippen LogP contribution in [0.15, 0.2) is 54.0 Å². The second kappa shape index (κ2) is 6.36. The lowest BCUT2D eigenvalue weighted by atomic mass is 9.85. The van der Waals surface area contributed by atoms with Crippen molar-refractivity contribution in [2.75, 3.05) is 0 Å². The Labute approximate surface area is 187 Å². The van der Waals surface area contributed by atoms with Crippen LogP contribution in [0, 0.1) is 6.92 Å². The molecule has 0 aliphatic carbocycles. The summed E-state index contributed by atoms with van der Waals surface area (Å²) in [6.45, 7) is 9.10. The van der Waals surface area contributed by atoms with Crippen LogP contribution in [0.2, 0.25) is 0 Å². The number of nitrogens with zero attached hydrogens (tertiary/aromatic N) is 1. The van der Waals surface area contributed by atoms with Gasteiger partial charge in [-0.25, -0.2) is 0 Å². The van der Waals surface area contributed by atoms with Gasteiger partial charge in [-0.05, 0) is 65.1 Å². The first-order valence-electron chi connectivity index (χ1n) is 10.1. The molecule has 1 nitrogen and oxygen atoms in total. The summed E-state index contributed by atoms with van der Waals surface area (Å²) >= 11 is 5.61. The van der Waals surface area contributed by atoms with E-state index in [-0.39, 0.29) is 5.41 Å². The van der Waals surface area contributed by atoms with E-state index >= 15 is 0 Å². The highest BCUT2D eigenvalue weighted by atomic mass is 32.1. The summed E-state index contributed by atoms with van der Waals surface area (Å²) in [6, 6.07) is 16.0. The molecule has 0 amide bonds. The van der Waals surface area contributed by atoms with E-state index in [9.17, 15) is 0 Å². The van der Waals surface area contributed by atoms with Crippen molar-refractivity contribution in [1.29, 1.82) is 0 Å². The van der Waals surface area contributed by atoms with Crippen LogP contribution in [-0.2, 0) is 5.41 Å². The maximum absolute atomic E-state index is 4.89. The maximum Gasteiger partial charge on any atom is 0.0880 e. The zero-order chi connectivity index (χ0) is 20.6. The van der Waals surface area contributed by atoms with E-state index in [2.05, 4.69) is 75.5 Å². The summed E-state index contributed by atoms with van der Waals surface area (Å²) in [7, 11) is 0. The Kier molecular flexibility index (Phi) is 3.92. The highest BCUT2D eigenvalue weighted by Crippen LogP contribution is 2.45. The van der Waals surface area contributed by atoms with E-state index in [1.165, 1.54) is 56.3 Å². The summed E-state index contributed by atoms with van der Waals surface area (Å²) < 4.78 is 5.44. The summed E-state index contributed by atoms with van der Waals surface area (Å²) in [5, 5.41) is 7.56. The standard InChI is InChI=1S/C26H21NS3/c1-14-11-19-21(29-14)6-5-17-18-7-9-27-22(25(18)30-24(17)19)16-12-15-8-10-28-23(15)20(13-16)26(2,3)4/h5-13H,1-4H3. The van der Waals surface area contributed by atoms with Crippen molar-refractivity contribution in [3.8, 4) is 11.3 Å². The second-order valence-electron chi connectivity index (χ2n) is 8.96. The minimum Gasteiger partial charge on any atom is -0.255 e. The van der Waals surface area contributed by atoms with Gasteiger partial charge in [0.1, 0.15) is 0 Å². The van der Waals surface area contributed by atoms with E-state index in [1.807, 2.05) is 40.2 Å². The van der Waals surface area contributed by atoms with E-state index in [4.69, 9.17) is 4.98 Å². The third kappa shape index (κ3) is 2.67. The summed E-state index contributed by atoms with van der Waals surface area (Å²) in [6.07, 6.45) is 1.97. The van der Waals surface area contributed by atoms with Crippen LogP contribution < -0.4 is 0 Å². The van der Waals surface area contributed by atoms with Crippen molar-refractivity contribution < 1.29 is 0 Å². The Morgan fingerprint density at radius 1 is 0.800 bits per heavy atom. The monoisotopic (exact) mass is 443 g/mol. The van der Waals surface area contributed by atoms with Crippen molar-refractivity contribution in [1.82, 2.24) is 4.98 Å². The number of aryl methyl sites for hydroxylation is 1. The molecule has 0 aliphatic heterocycles. The molecular weight excluding hydrogens is 422 g/mol. The molecule has 0 unspecified atom stereocenters. The van der Waals surface area contributed by atoms with Crippen molar-refractivity contribution in [2.24, 2.45) is 0 Å². The molecule has 0 bridgehead atoms. The van der Waals surface area contributed by atoms with Gasteiger partial charge in [-0.1, -0.05) is 26.8 Å². The van der Waals surface area contributed by atoms with E-state index in [0.29, 0.717) is 0 Å². The molecule has 0 aliphatic rings. The van der Waals surface area contributed by atoms with Crippen molar-refractivity contribution >= 4 is 74.4 Å². The molecule has 148 valence electrons. The van der Waals surface area contributed by atoms with Gasteiger partial charge in [-0.2, -0.15) is 0 Å². The number of hydrogen-bond acceptors (Lipinski definition) is 4. The Bertz CT molecular complexity index is 1590. The molecule has 30 heavy (non-hydrogen) atoms. The quantitative estimate of drug-likeness (QED) is 0.247. The van der Waals surface area contributed by atoms with Gasteiger partial charge in [0.25, 0.3) is 0 Å². The minimum atomic E-state index is 0.0908. The Balaban J connectivity index is 1.70. The van der Waals surface area contributed by atoms with Gasteiger partial charge in [0.05, 0.1) is 10.4 Å². The maximum atomic E-state index is 4.89. The molecule has 6 aromatic rings. The first-order chi connectivity index (χ1) is 14.4. The van der Waals surface area contributed by atoms with Crippen LogP contribution >= 0.6 is 34.0 Å². The van der Waals surface area contributed by atoms with Crippen LogP contribution in [0.4, 0.5) is 0 Å². The Morgan fingerprint density at radius 3 is 2.47 bits per heavy atom. The number of fused-ring (bicyclic) bond motifs is 6. The lowest BCUT2D eigenvalue weighted by Crippen LogP contribution is -2.11. The molecule has 6 rings (SSSR count). The second-order valence-corrected chi connectivity index (χ2v) is 12.2. The number of thiophene rings is 3. The highest BCUT2D eigenvalue weighted by Gasteiger charge is 2.21. The molecule has 0 N–H and O–H groups in total. The molecule has 4 heterocycles. The predicted molar refractivity (Wildman–Crippen MR) is 137 cm³/mol. The summed E-state index contributed by atoms with van der Waals surface area (Å²) in [5.41, 5.74) is 3.82. The minimum absolute atomic E-state index is 0.0908. The van der Waals surface area contributed by atoms with Gasteiger partial charge in [0.2, 0.25) is 0 Å². The predicted octanol–water partition coefficient (Wildman–Crippen LogP) is 9.15. The van der Waals surface area contributed by atoms with Crippen LogP contribution in [-0.4, -0.2) is 4.98 Å². The molecule has 2 aromatic carbocycles. The SMILES string of the molecule is Cc1cc2c(ccc3c4ccnc(-c5cc(C(C)(C)C)c6sccc6c5)c4sc23)s1. The molecular formula is C26H21NS3. The number of aromatic nitrogens is 1. The third-order valence-corrected chi connectivity index (χ3v) is 9.05. The van der Waals surface area contributed by atoms with Crippen LogP contribution in [0.1, 0.15) is 31.2 Å².